The second-order valence-corrected chi connectivity index (χ2v) is 13.7. The van der Waals surface area contributed by atoms with Gasteiger partial charge in [0.25, 0.3) is 5.56 Å². The van der Waals surface area contributed by atoms with Crippen LogP contribution in [0.25, 0.3) is 5.69 Å². The van der Waals surface area contributed by atoms with Crippen molar-refractivity contribution in [2.45, 2.75) is 78.1 Å². The van der Waals surface area contributed by atoms with E-state index in [2.05, 4.69) is 75.5 Å². The molecule has 0 aliphatic rings. The predicted molar refractivity (Wildman–Crippen MR) is 188 cm³/mol. The standard InChI is InChI=1S/C35H41Cl3N4O3/c1-7-34(3,4)22-14-15-29(26(17-22)35(5,6)8-2)45-16-10-13-31(43)40-25-12-9-11-24(20-25)39-30-21-32(44)42(41-30)33-27(37)18-23(36)19-28(33)38/h9,11-12,14-15,17-21,39,41H,7-8,10,13,16H2,1-6H3,(H,40,43). The Labute approximate surface area is 280 Å². The molecule has 7 nitrogen and oxygen atoms in total. The molecule has 4 rings (SSSR count). The van der Waals surface area contributed by atoms with Gasteiger partial charge in [0.2, 0.25) is 5.91 Å². The Morgan fingerprint density at radius 2 is 1.56 bits per heavy atom. The van der Waals surface area contributed by atoms with Gasteiger partial charge in [-0.2, -0.15) is 0 Å². The maximum absolute atomic E-state index is 12.8. The van der Waals surface area contributed by atoms with Gasteiger partial charge in [-0.1, -0.05) is 94.5 Å². The van der Waals surface area contributed by atoms with Gasteiger partial charge in [0.05, 0.1) is 16.7 Å². The number of hydrogen-bond donors (Lipinski definition) is 3. The van der Waals surface area contributed by atoms with Crippen LogP contribution in [0.1, 0.15) is 78.4 Å². The molecule has 240 valence electrons. The number of anilines is 3. The summed E-state index contributed by atoms with van der Waals surface area (Å²) < 4.78 is 7.47. The highest BCUT2D eigenvalue weighted by molar-refractivity contribution is 6.40. The van der Waals surface area contributed by atoms with Gasteiger partial charge >= 0.3 is 0 Å². The first-order valence-electron chi connectivity index (χ1n) is 15.2. The number of H-pyrrole nitrogens is 1. The number of hydrogen-bond acceptors (Lipinski definition) is 4. The van der Waals surface area contributed by atoms with E-state index in [1.54, 1.807) is 12.1 Å². The van der Waals surface area contributed by atoms with Crippen LogP contribution in [0, 0.1) is 0 Å². The zero-order valence-electron chi connectivity index (χ0n) is 26.6. The van der Waals surface area contributed by atoms with Crippen LogP contribution in [-0.4, -0.2) is 22.3 Å². The summed E-state index contributed by atoms with van der Waals surface area (Å²) in [6, 6.07) is 18.2. The molecule has 0 unspecified atom stereocenters. The molecule has 45 heavy (non-hydrogen) atoms. The van der Waals surface area contributed by atoms with Crippen LogP contribution >= 0.6 is 34.8 Å². The molecule has 1 amide bonds. The first kappa shape index (κ1) is 34.5. The van der Waals surface area contributed by atoms with Gasteiger partial charge in [-0.15, -0.1) is 0 Å². The lowest BCUT2D eigenvalue weighted by Gasteiger charge is -2.30. The summed E-state index contributed by atoms with van der Waals surface area (Å²) in [5, 5.41) is 9.89. The summed E-state index contributed by atoms with van der Waals surface area (Å²) in [7, 11) is 0. The predicted octanol–water partition coefficient (Wildman–Crippen LogP) is 10.0. The highest BCUT2D eigenvalue weighted by atomic mass is 35.5. The van der Waals surface area contributed by atoms with E-state index in [0.29, 0.717) is 47.4 Å². The quantitative estimate of drug-likeness (QED) is 0.123. The molecule has 0 aliphatic carbocycles. The van der Waals surface area contributed by atoms with Gasteiger partial charge in [0, 0.05) is 34.4 Å². The van der Waals surface area contributed by atoms with Crippen LogP contribution in [0.5, 0.6) is 5.75 Å². The lowest BCUT2D eigenvalue weighted by atomic mass is 9.76. The number of aromatic nitrogens is 2. The fourth-order valence-corrected chi connectivity index (χ4v) is 5.83. The molecule has 10 heteroatoms. The van der Waals surface area contributed by atoms with Crippen molar-refractivity contribution in [2.24, 2.45) is 0 Å². The van der Waals surface area contributed by atoms with Crippen LogP contribution in [0.3, 0.4) is 0 Å². The molecule has 1 aromatic heterocycles. The Kier molecular flexibility index (Phi) is 11.0. The molecule has 0 aliphatic heterocycles. The first-order chi connectivity index (χ1) is 21.2. The molecule has 0 radical (unpaired) electrons. The van der Waals surface area contributed by atoms with E-state index in [9.17, 15) is 9.59 Å². The Balaban J connectivity index is 1.35. The third-order valence-electron chi connectivity index (χ3n) is 8.41. The van der Waals surface area contributed by atoms with Crippen molar-refractivity contribution in [1.82, 2.24) is 9.78 Å². The first-order valence-corrected chi connectivity index (χ1v) is 16.3. The molecule has 0 fully saturated rings. The molecule has 1 heterocycles. The van der Waals surface area contributed by atoms with E-state index in [4.69, 9.17) is 39.5 Å². The van der Waals surface area contributed by atoms with Crippen molar-refractivity contribution < 1.29 is 9.53 Å². The molecule has 0 saturated carbocycles. The molecule has 3 N–H and O–H groups in total. The molecule has 4 aromatic rings. The van der Waals surface area contributed by atoms with Crippen LogP contribution in [0.4, 0.5) is 17.2 Å². The molecular formula is C35H41Cl3N4O3. The minimum Gasteiger partial charge on any atom is -0.493 e. The fourth-order valence-electron chi connectivity index (χ4n) is 4.84. The summed E-state index contributed by atoms with van der Waals surface area (Å²) in [5.74, 6) is 1.18. The molecule has 0 bridgehead atoms. The number of rotatable bonds is 13. The molecule has 0 saturated heterocycles. The Hall–Kier alpha value is -3.39. The third kappa shape index (κ3) is 8.46. The second kappa shape index (κ2) is 14.4. The van der Waals surface area contributed by atoms with Crippen LogP contribution < -0.4 is 20.9 Å². The van der Waals surface area contributed by atoms with E-state index in [1.807, 2.05) is 12.1 Å². The van der Waals surface area contributed by atoms with E-state index in [1.165, 1.54) is 34.0 Å². The van der Waals surface area contributed by atoms with Crippen molar-refractivity contribution in [3.8, 4) is 11.4 Å². The Morgan fingerprint density at radius 1 is 0.889 bits per heavy atom. The zero-order valence-corrected chi connectivity index (χ0v) is 28.9. The second-order valence-electron chi connectivity index (χ2n) is 12.5. The van der Waals surface area contributed by atoms with Crippen molar-refractivity contribution >= 4 is 57.9 Å². The highest BCUT2D eigenvalue weighted by Crippen LogP contribution is 2.38. The highest BCUT2D eigenvalue weighted by Gasteiger charge is 2.26. The van der Waals surface area contributed by atoms with Gasteiger partial charge < -0.3 is 15.4 Å². The number of amides is 1. The number of carbonyl (C=O) groups is 1. The number of nitrogens with one attached hydrogen (secondary N) is 3. The van der Waals surface area contributed by atoms with E-state index >= 15 is 0 Å². The van der Waals surface area contributed by atoms with Crippen LogP contribution in [-0.2, 0) is 15.6 Å². The lowest BCUT2D eigenvalue weighted by Crippen LogP contribution is -2.21. The SMILES string of the molecule is CCC(C)(C)c1ccc(OCCCC(=O)Nc2cccc(Nc3cc(=O)n(-c4c(Cl)cc(Cl)cc4Cl)[nH]3)c2)c(C(C)(C)CC)c1. The zero-order chi connectivity index (χ0) is 32.9. The molecule has 0 atom stereocenters. The van der Waals surface area contributed by atoms with Gasteiger partial charge in [-0.05, 0) is 72.1 Å². The number of benzene rings is 3. The van der Waals surface area contributed by atoms with Gasteiger partial charge in [-0.25, -0.2) is 4.68 Å². The minimum atomic E-state index is -0.360. The van der Waals surface area contributed by atoms with Crippen LogP contribution in [0.2, 0.25) is 15.1 Å². The smallest absolute Gasteiger partial charge is 0.273 e. The lowest BCUT2D eigenvalue weighted by molar-refractivity contribution is -0.116. The van der Waals surface area contributed by atoms with E-state index in [-0.39, 0.29) is 32.3 Å². The summed E-state index contributed by atoms with van der Waals surface area (Å²) in [6.07, 6.45) is 2.92. The topological polar surface area (TPSA) is 88.2 Å². The Bertz CT molecular complexity index is 1700. The van der Waals surface area contributed by atoms with Gasteiger partial charge in [0.1, 0.15) is 17.3 Å². The summed E-state index contributed by atoms with van der Waals surface area (Å²) in [5.41, 5.74) is 3.80. The van der Waals surface area contributed by atoms with E-state index < -0.39 is 0 Å². The number of ether oxygens (including phenoxy) is 1. The number of halogens is 3. The summed E-state index contributed by atoms with van der Waals surface area (Å²) in [4.78, 5) is 25.4. The average molecular weight is 672 g/mol. The minimum absolute atomic E-state index is 0.0306. The maximum Gasteiger partial charge on any atom is 0.273 e. The average Bonchev–Trinajstić information content (AvgIpc) is 3.33. The summed E-state index contributed by atoms with van der Waals surface area (Å²) >= 11 is 18.6. The number of aromatic amines is 1. The molecular weight excluding hydrogens is 631 g/mol. The number of nitrogens with zero attached hydrogens (tertiary/aromatic N) is 1. The monoisotopic (exact) mass is 670 g/mol. The van der Waals surface area contributed by atoms with Gasteiger partial charge in [0.15, 0.2) is 0 Å². The van der Waals surface area contributed by atoms with Crippen molar-refractivity contribution in [3.05, 3.63) is 97.2 Å². The van der Waals surface area contributed by atoms with Crippen molar-refractivity contribution in [2.75, 3.05) is 17.2 Å². The third-order valence-corrected chi connectivity index (χ3v) is 9.21. The largest absolute Gasteiger partial charge is 0.493 e. The molecule has 0 spiro atoms. The Morgan fingerprint density at radius 3 is 2.22 bits per heavy atom. The van der Waals surface area contributed by atoms with Crippen molar-refractivity contribution in [3.63, 3.8) is 0 Å². The normalized spacial score (nSPS) is 11.8. The van der Waals surface area contributed by atoms with Crippen LogP contribution in [0.15, 0.2) is 65.5 Å². The van der Waals surface area contributed by atoms with Crippen molar-refractivity contribution in [1.29, 1.82) is 0 Å². The number of carbonyl (C=O) groups excluding carboxylic acids is 1. The van der Waals surface area contributed by atoms with E-state index in [0.717, 1.165) is 18.6 Å². The fraction of sp³-hybridized carbons (Fsp3) is 0.371. The maximum atomic E-state index is 12.8. The van der Waals surface area contributed by atoms with Gasteiger partial charge in [-0.3, -0.25) is 14.7 Å². The summed E-state index contributed by atoms with van der Waals surface area (Å²) in [6.45, 7) is 13.9. The molecule has 3 aromatic carbocycles.